The molecule has 0 saturated heterocycles. The van der Waals surface area contributed by atoms with E-state index < -0.39 is 22.5 Å². The molecular weight excluding hydrogens is 421 g/mol. The number of ether oxygens (including phenoxy) is 1. The molecule has 2 aromatic carbocycles. The molecule has 0 aliphatic rings. The Balaban J connectivity index is 1.94. The fraction of sp³-hybridized carbons (Fsp3) is 0.200. The van der Waals surface area contributed by atoms with Crippen LogP contribution in [0.4, 0.5) is 13.2 Å². The second kappa shape index (κ2) is 8.62. The van der Waals surface area contributed by atoms with Crippen LogP contribution in [-0.4, -0.2) is 28.0 Å². The Morgan fingerprint density at radius 3 is 2.37 bits per heavy atom. The summed E-state index contributed by atoms with van der Waals surface area (Å²) < 4.78 is 43.7. The molecule has 1 aromatic heterocycles. The van der Waals surface area contributed by atoms with Crippen molar-refractivity contribution in [2.24, 2.45) is 0 Å². The number of carbonyl (C=O) groups excluding carboxylic acids is 1. The number of hydrogen-bond acceptors (Lipinski definition) is 5. The SMILES string of the molecule is COc1ccccc1C(=O)N(Cc1ccc(C(F)(F)F)cc1)Cc1sc(=O)[nH]c1O. The summed E-state index contributed by atoms with van der Waals surface area (Å²) in [6.07, 6.45) is -4.46. The second-order valence-corrected chi connectivity index (χ2v) is 7.41. The molecule has 0 saturated carbocycles. The Morgan fingerprint density at radius 2 is 1.80 bits per heavy atom. The number of benzene rings is 2. The third-order valence-electron chi connectivity index (χ3n) is 4.31. The lowest BCUT2D eigenvalue weighted by molar-refractivity contribution is -0.137. The number of hydrogen-bond donors (Lipinski definition) is 2. The maximum atomic E-state index is 13.2. The smallest absolute Gasteiger partial charge is 0.416 e. The van der Waals surface area contributed by atoms with Crippen molar-refractivity contribution in [2.45, 2.75) is 19.3 Å². The topological polar surface area (TPSA) is 82.6 Å². The molecule has 0 spiro atoms. The van der Waals surface area contributed by atoms with Crippen LogP contribution in [0.25, 0.3) is 0 Å². The van der Waals surface area contributed by atoms with Gasteiger partial charge in [-0.05, 0) is 29.8 Å². The van der Waals surface area contributed by atoms with Gasteiger partial charge in [0.05, 0.1) is 29.7 Å². The van der Waals surface area contributed by atoms with Crippen LogP contribution in [-0.2, 0) is 19.3 Å². The van der Waals surface area contributed by atoms with Crippen LogP contribution in [0.15, 0.2) is 53.3 Å². The quantitative estimate of drug-likeness (QED) is 0.609. The number of rotatable bonds is 6. The van der Waals surface area contributed by atoms with Crippen molar-refractivity contribution in [1.82, 2.24) is 9.88 Å². The maximum absolute atomic E-state index is 13.2. The number of H-pyrrole nitrogens is 1. The van der Waals surface area contributed by atoms with E-state index in [0.29, 0.717) is 11.3 Å². The predicted octanol–water partition coefficient (Wildman–Crippen LogP) is 4.01. The number of halogens is 3. The van der Waals surface area contributed by atoms with Gasteiger partial charge in [-0.15, -0.1) is 0 Å². The summed E-state index contributed by atoms with van der Waals surface area (Å²) >= 11 is 0.747. The Labute approximate surface area is 173 Å². The van der Waals surface area contributed by atoms with Gasteiger partial charge in [0, 0.05) is 6.54 Å². The van der Waals surface area contributed by atoms with Crippen LogP contribution in [0.1, 0.15) is 26.4 Å². The number of aromatic hydroxyl groups is 1. The number of methoxy groups -OCH3 is 1. The zero-order chi connectivity index (χ0) is 21.9. The van der Waals surface area contributed by atoms with E-state index in [-0.39, 0.29) is 29.4 Å². The van der Waals surface area contributed by atoms with Gasteiger partial charge in [-0.1, -0.05) is 35.6 Å². The monoisotopic (exact) mass is 438 g/mol. The number of thiazole rings is 1. The van der Waals surface area contributed by atoms with Crippen molar-refractivity contribution in [3.05, 3.63) is 79.8 Å². The fourth-order valence-electron chi connectivity index (χ4n) is 2.84. The number of nitrogens with one attached hydrogen (secondary N) is 1. The Bertz CT molecular complexity index is 1090. The minimum Gasteiger partial charge on any atom is -0.496 e. The largest absolute Gasteiger partial charge is 0.496 e. The van der Waals surface area contributed by atoms with E-state index >= 15 is 0 Å². The molecule has 158 valence electrons. The summed E-state index contributed by atoms with van der Waals surface area (Å²) in [5.41, 5.74) is -0.0988. The van der Waals surface area contributed by atoms with Crippen molar-refractivity contribution in [1.29, 1.82) is 0 Å². The predicted molar refractivity (Wildman–Crippen MR) is 105 cm³/mol. The number of aromatic nitrogens is 1. The zero-order valence-electron chi connectivity index (χ0n) is 15.7. The molecule has 0 radical (unpaired) electrons. The first-order chi connectivity index (χ1) is 14.2. The van der Waals surface area contributed by atoms with E-state index in [2.05, 4.69) is 4.98 Å². The summed E-state index contributed by atoms with van der Waals surface area (Å²) in [4.78, 5) is 28.0. The molecular formula is C20H17F3N2O4S. The molecule has 0 unspecified atom stereocenters. The van der Waals surface area contributed by atoms with Crippen LogP contribution in [0.5, 0.6) is 11.6 Å². The van der Waals surface area contributed by atoms with E-state index in [1.54, 1.807) is 24.3 Å². The van der Waals surface area contributed by atoms with Gasteiger partial charge in [0.25, 0.3) is 5.91 Å². The van der Waals surface area contributed by atoms with Crippen LogP contribution in [0.3, 0.4) is 0 Å². The molecule has 0 atom stereocenters. The average Bonchev–Trinajstić information content (AvgIpc) is 3.03. The van der Waals surface area contributed by atoms with Gasteiger partial charge in [-0.3, -0.25) is 14.6 Å². The van der Waals surface area contributed by atoms with Crippen LogP contribution in [0.2, 0.25) is 0 Å². The van der Waals surface area contributed by atoms with Gasteiger partial charge in [0.15, 0.2) is 0 Å². The van der Waals surface area contributed by atoms with Crippen molar-refractivity contribution in [3.8, 4) is 11.6 Å². The summed E-state index contributed by atoms with van der Waals surface area (Å²) in [6, 6.07) is 10.9. The van der Waals surface area contributed by atoms with Crippen LogP contribution >= 0.6 is 11.3 Å². The minimum absolute atomic E-state index is 0.0411. The van der Waals surface area contributed by atoms with Gasteiger partial charge in [0.1, 0.15) is 5.75 Å². The molecule has 0 aliphatic heterocycles. The van der Waals surface area contributed by atoms with E-state index in [0.717, 1.165) is 23.5 Å². The summed E-state index contributed by atoms with van der Waals surface area (Å²) in [5, 5.41) is 9.89. The molecule has 10 heteroatoms. The highest BCUT2D eigenvalue weighted by Gasteiger charge is 2.30. The van der Waals surface area contributed by atoms with Gasteiger partial charge in [0.2, 0.25) is 5.88 Å². The molecule has 3 aromatic rings. The van der Waals surface area contributed by atoms with Crippen LogP contribution < -0.4 is 9.61 Å². The average molecular weight is 438 g/mol. The van der Waals surface area contributed by atoms with Gasteiger partial charge in [-0.2, -0.15) is 13.2 Å². The number of carbonyl (C=O) groups is 1. The summed E-state index contributed by atoms with van der Waals surface area (Å²) in [5.74, 6) is -0.491. The number of aromatic amines is 1. The number of nitrogens with zero attached hydrogens (tertiary/aromatic N) is 1. The molecule has 30 heavy (non-hydrogen) atoms. The van der Waals surface area contributed by atoms with Crippen molar-refractivity contribution >= 4 is 17.2 Å². The first-order valence-electron chi connectivity index (χ1n) is 8.68. The fourth-order valence-corrected chi connectivity index (χ4v) is 3.58. The Kier molecular flexibility index (Phi) is 6.16. The second-order valence-electron chi connectivity index (χ2n) is 6.34. The highest BCUT2D eigenvalue weighted by atomic mass is 32.1. The summed E-state index contributed by atoms with van der Waals surface area (Å²) in [6.45, 7) is -0.159. The van der Waals surface area contributed by atoms with Crippen LogP contribution in [0, 0.1) is 0 Å². The minimum atomic E-state index is -4.46. The van der Waals surface area contributed by atoms with Gasteiger partial charge >= 0.3 is 11.0 Å². The lowest BCUT2D eigenvalue weighted by Crippen LogP contribution is -2.30. The molecule has 0 aliphatic carbocycles. The molecule has 2 N–H and O–H groups in total. The Hall–Kier alpha value is -3.27. The highest BCUT2D eigenvalue weighted by Crippen LogP contribution is 2.30. The summed E-state index contributed by atoms with van der Waals surface area (Å²) in [7, 11) is 1.41. The number of alkyl halides is 3. The first kappa shape index (κ1) is 21.4. The highest BCUT2D eigenvalue weighted by molar-refractivity contribution is 7.09. The molecule has 1 amide bonds. The van der Waals surface area contributed by atoms with Crippen molar-refractivity contribution in [3.63, 3.8) is 0 Å². The number of para-hydroxylation sites is 1. The van der Waals surface area contributed by atoms with Crippen molar-refractivity contribution in [2.75, 3.05) is 7.11 Å². The lowest BCUT2D eigenvalue weighted by atomic mass is 10.1. The number of amides is 1. The molecule has 0 bridgehead atoms. The van der Waals surface area contributed by atoms with E-state index in [9.17, 15) is 27.9 Å². The van der Waals surface area contributed by atoms with E-state index in [1.165, 1.54) is 24.1 Å². The van der Waals surface area contributed by atoms with Crippen molar-refractivity contribution < 1.29 is 27.8 Å². The van der Waals surface area contributed by atoms with Gasteiger partial charge in [-0.25, -0.2) is 0 Å². The third-order valence-corrected chi connectivity index (χ3v) is 5.17. The molecule has 0 fully saturated rings. The molecule has 1 heterocycles. The molecule has 3 rings (SSSR count). The standard InChI is InChI=1S/C20H17F3N2O4S/c1-29-15-5-3-2-4-14(15)18(27)25(11-16-17(26)24-19(28)30-16)10-12-6-8-13(9-7-12)20(21,22)23/h2-9,26H,10-11H2,1H3,(H,24,28). The zero-order valence-corrected chi connectivity index (χ0v) is 16.5. The molecule has 6 nitrogen and oxygen atoms in total. The lowest BCUT2D eigenvalue weighted by Gasteiger charge is -2.23. The Morgan fingerprint density at radius 1 is 1.13 bits per heavy atom. The first-order valence-corrected chi connectivity index (χ1v) is 9.50. The maximum Gasteiger partial charge on any atom is 0.416 e. The normalized spacial score (nSPS) is 11.3. The van der Waals surface area contributed by atoms with Gasteiger partial charge < -0.3 is 14.7 Å². The van der Waals surface area contributed by atoms with E-state index in [1.807, 2.05) is 0 Å². The third kappa shape index (κ3) is 4.82. The van der Waals surface area contributed by atoms with E-state index in [4.69, 9.17) is 4.74 Å².